The predicted molar refractivity (Wildman–Crippen MR) is 186 cm³/mol. The smallest absolute Gasteiger partial charge is 0.307 e. The number of likely N-dealkylation sites (tertiary alicyclic amines) is 1. The minimum atomic E-state index is -0.449. The number of hydrogen-bond donors (Lipinski definition) is 2. The highest BCUT2D eigenvalue weighted by molar-refractivity contribution is 6.07. The van der Waals surface area contributed by atoms with E-state index in [4.69, 9.17) is 0 Å². The largest absolute Gasteiger partial charge is 0.323 e. The van der Waals surface area contributed by atoms with Gasteiger partial charge in [0.05, 0.1) is 6.54 Å². The maximum absolute atomic E-state index is 14.3. The van der Waals surface area contributed by atoms with E-state index in [0.717, 1.165) is 65.8 Å². The number of anilines is 2. The minimum absolute atomic E-state index is 0.210. The fraction of sp³-hybridized carbons (Fsp3) is 0.395. The molecule has 4 aromatic rings. The molecule has 1 aliphatic heterocycles. The molecule has 5 rings (SSSR count). The van der Waals surface area contributed by atoms with Gasteiger partial charge in [0.15, 0.2) is 0 Å². The first kappa shape index (κ1) is 32.0. The van der Waals surface area contributed by atoms with E-state index in [2.05, 4.69) is 67.0 Å². The van der Waals surface area contributed by atoms with Crippen molar-refractivity contribution in [1.29, 1.82) is 0 Å². The lowest BCUT2D eigenvalue weighted by Gasteiger charge is -2.21. The van der Waals surface area contributed by atoms with Crippen LogP contribution in [0.4, 0.5) is 16.2 Å². The van der Waals surface area contributed by atoms with Crippen LogP contribution in [-0.2, 0) is 6.54 Å². The number of pyridine rings is 2. The summed E-state index contributed by atoms with van der Waals surface area (Å²) in [5, 5.41) is 6.95. The first-order valence-corrected chi connectivity index (χ1v) is 16.3. The van der Waals surface area contributed by atoms with Gasteiger partial charge in [0.1, 0.15) is 11.3 Å². The highest BCUT2D eigenvalue weighted by Gasteiger charge is 2.22. The van der Waals surface area contributed by atoms with Crippen molar-refractivity contribution < 1.29 is 4.79 Å². The van der Waals surface area contributed by atoms with Crippen molar-refractivity contribution >= 4 is 28.4 Å². The molecular formula is C38H45N5O2. The summed E-state index contributed by atoms with van der Waals surface area (Å²) in [7, 11) is 0. The van der Waals surface area contributed by atoms with Crippen LogP contribution in [0.25, 0.3) is 22.2 Å². The third-order valence-electron chi connectivity index (χ3n) is 8.49. The van der Waals surface area contributed by atoms with E-state index in [0.29, 0.717) is 17.8 Å². The number of aryl methyl sites for hydroxylation is 1. The number of fused-ring (bicyclic) bond motifs is 1. The molecule has 2 aromatic carbocycles. The molecule has 0 aliphatic carbocycles. The number of rotatable bonds is 9. The Labute approximate surface area is 267 Å². The Hall–Kier alpha value is -4.41. The second-order valence-corrected chi connectivity index (χ2v) is 12.5. The standard InChI is InChI=1S/C38H45N5O2/c1-6-7-24-43-36-32(19-12-20-39-36)33(29-16-10-14-28(25-29)15-13-23-42-21-8-9-22-42)35(37(43)44)41-38(45)40-34-30(26(2)3)17-11-18-31(34)27(4)5/h10-12,14,16-20,25-27H,6-9,21-24H2,1-5H3,(H2,40,41,45). The Morgan fingerprint density at radius 2 is 1.62 bits per heavy atom. The number of hydrogen-bond acceptors (Lipinski definition) is 4. The Morgan fingerprint density at radius 3 is 2.31 bits per heavy atom. The average Bonchev–Trinajstić information content (AvgIpc) is 3.55. The van der Waals surface area contributed by atoms with Crippen molar-refractivity contribution in [2.75, 3.05) is 30.3 Å². The third-order valence-corrected chi connectivity index (χ3v) is 8.49. The molecule has 2 aromatic heterocycles. The molecule has 7 nitrogen and oxygen atoms in total. The molecule has 234 valence electrons. The predicted octanol–water partition coefficient (Wildman–Crippen LogP) is 8.20. The van der Waals surface area contributed by atoms with Crippen molar-refractivity contribution in [2.24, 2.45) is 0 Å². The summed E-state index contributed by atoms with van der Waals surface area (Å²) in [6.07, 6.45) is 5.91. The highest BCUT2D eigenvalue weighted by atomic mass is 16.2. The van der Waals surface area contributed by atoms with E-state index in [9.17, 15) is 9.59 Å². The monoisotopic (exact) mass is 603 g/mol. The third kappa shape index (κ3) is 7.29. The topological polar surface area (TPSA) is 79.3 Å². The number of nitrogens with one attached hydrogen (secondary N) is 2. The van der Waals surface area contributed by atoms with Gasteiger partial charge in [-0.1, -0.05) is 83.2 Å². The summed E-state index contributed by atoms with van der Waals surface area (Å²) in [5.74, 6) is 7.06. The molecule has 0 saturated carbocycles. The van der Waals surface area contributed by atoms with E-state index in [1.54, 1.807) is 10.8 Å². The fourth-order valence-electron chi connectivity index (χ4n) is 6.12. The van der Waals surface area contributed by atoms with Crippen LogP contribution >= 0.6 is 0 Å². The zero-order chi connectivity index (χ0) is 31.9. The van der Waals surface area contributed by atoms with Gasteiger partial charge in [-0.3, -0.25) is 14.3 Å². The fourth-order valence-corrected chi connectivity index (χ4v) is 6.12. The number of unbranched alkanes of at least 4 members (excludes halogenated alkanes) is 1. The van der Waals surface area contributed by atoms with E-state index in [-0.39, 0.29) is 23.1 Å². The van der Waals surface area contributed by atoms with E-state index < -0.39 is 6.03 Å². The normalized spacial score (nSPS) is 13.3. The van der Waals surface area contributed by atoms with E-state index in [1.165, 1.54) is 12.8 Å². The van der Waals surface area contributed by atoms with Crippen LogP contribution in [-0.4, -0.2) is 40.1 Å². The zero-order valence-corrected chi connectivity index (χ0v) is 27.2. The second-order valence-electron chi connectivity index (χ2n) is 12.5. The molecule has 2 N–H and O–H groups in total. The minimum Gasteiger partial charge on any atom is -0.307 e. The summed E-state index contributed by atoms with van der Waals surface area (Å²) in [6, 6.07) is 17.4. The van der Waals surface area contributed by atoms with Gasteiger partial charge in [-0.25, -0.2) is 9.78 Å². The maximum Gasteiger partial charge on any atom is 0.323 e. The van der Waals surface area contributed by atoms with Crippen LogP contribution in [0.2, 0.25) is 0 Å². The van der Waals surface area contributed by atoms with Gasteiger partial charge < -0.3 is 10.6 Å². The molecule has 2 amide bonds. The van der Waals surface area contributed by atoms with Crippen LogP contribution in [0.1, 0.15) is 88.8 Å². The van der Waals surface area contributed by atoms with Gasteiger partial charge >= 0.3 is 6.03 Å². The molecule has 0 bridgehead atoms. The first-order valence-electron chi connectivity index (χ1n) is 16.3. The van der Waals surface area contributed by atoms with Crippen molar-refractivity contribution in [3.8, 4) is 23.0 Å². The Balaban J connectivity index is 1.61. The Kier molecular flexibility index (Phi) is 10.4. The van der Waals surface area contributed by atoms with E-state index in [1.807, 2.05) is 54.6 Å². The molecule has 7 heteroatoms. The highest BCUT2D eigenvalue weighted by Crippen LogP contribution is 2.35. The lowest BCUT2D eigenvalue weighted by molar-refractivity contribution is 0.262. The van der Waals surface area contributed by atoms with Gasteiger partial charge in [-0.05, 0) is 85.1 Å². The van der Waals surface area contributed by atoms with Crippen molar-refractivity contribution in [2.45, 2.75) is 78.7 Å². The Bertz CT molecular complexity index is 1760. The number of aromatic nitrogens is 2. The number of carbonyl (C=O) groups is 1. The molecule has 0 atom stereocenters. The first-order chi connectivity index (χ1) is 21.8. The average molecular weight is 604 g/mol. The van der Waals surface area contributed by atoms with Gasteiger partial charge in [0, 0.05) is 34.9 Å². The maximum atomic E-state index is 14.3. The van der Waals surface area contributed by atoms with Crippen LogP contribution in [0.5, 0.6) is 0 Å². The summed E-state index contributed by atoms with van der Waals surface area (Å²) in [5.41, 5.74) is 5.80. The second kappa shape index (κ2) is 14.6. The molecular weight excluding hydrogens is 558 g/mol. The number of para-hydroxylation sites is 1. The summed E-state index contributed by atoms with van der Waals surface area (Å²) < 4.78 is 1.69. The number of urea groups is 1. The van der Waals surface area contributed by atoms with Crippen molar-refractivity contribution in [1.82, 2.24) is 14.5 Å². The summed E-state index contributed by atoms with van der Waals surface area (Å²) >= 11 is 0. The Morgan fingerprint density at radius 1 is 0.933 bits per heavy atom. The summed E-state index contributed by atoms with van der Waals surface area (Å²) in [4.78, 5) is 35.1. The van der Waals surface area contributed by atoms with Gasteiger partial charge in [-0.2, -0.15) is 0 Å². The van der Waals surface area contributed by atoms with Gasteiger partial charge in [0.25, 0.3) is 5.56 Å². The number of nitrogens with zero attached hydrogens (tertiary/aromatic N) is 3. The number of carbonyl (C=O) groups excluding carboxylic acids is 1. The SMILES string of the molecule is CCCCn1c(=O)c(NC(=O)Nc2c(C(C)C)cccc2C(C)C)c(-c2cccc(C#CCN3CCCC3)c2)c2cccnc21. The number of amides is 2. The van der Waals surface area contributed by atoms with E-state index >= 15 is 0 Å². The van der Waals surface area contributed by atoms with Crippen LogP contribution in [0, 0.1) is 11.8 Å². The van der Waals surface area contributed by atoms with Crippen LogP contribution in [0.3, 0.4) is 0 Å². The van der Waals surface area contributed by atoms with Crippen molar-refractivity contribution in [3.05, 3.63) is 87.8 Å². The van der Waals surface area contributed by atoms with Gasteiger partial charge in [-0.15, -0.1) is 0 Å². The van der Waals surface area contributed by atoms with Gasteiger partial charge in [0.2, 0.25) is 0 Å². The quantitative estimate of drug-likeness (QED) is 0.189. The zero-order valence-electron chi connectivity index (χ0n) is 27.2. The lowest BCUT2D eigenvalue weighted by atomic mass is 9.93. The molecule has 0 unspecified atom stereocenters. The molecule has 0 spiro atoms. The molecule has 0 radical (unpaired) electrons. The molecule has 45 heavy (non-hydrogen) atoms. The van der Waals surface area contributed by atoms with Crippen LogP contribution in [0.15, 0.2) is 65.6 Å². The summed E-state index contributed by atoms with van der Waals surface area (Å²) in [6.45, 7) is 14.0. The van der Waals surface area contributed by atoms with Crippen molar-refractivity contribution in [3.63, 3.8) is 0 Å². The lowest BCUT2D eigenvalue weighted by Crippen LogP contribution is -2.30. The molecule has 1 fully saturated rings. The number of benzene rings is 2. The van der Waals surface area contributed by atoms with Crippen LogP contribution < -0.4 is 16.2 Å². The molecule has 1 aliphatic rings. The molecule has 1 saturated heterocycles. The molecule has 3 heterocycles.